The lowest BCUT2D eigenvalue weighted by molar-refractivity contribution is 0.0515. The molecule has 2 aromatic rings. The van der Waals surface area contributed by atoms with Gasteiger partial charge in [-0.15, -0.1) is 0 Å². The zero-order valence-electron chi connectivity index (χ0n) is 10.5. The highest BCUT2D eigenvalue weighted by molar-refractivity contribution is 6.43. The van der Waals surface area contributed by atoms with Crippen LogP contribution in [0.5, 0.6) is 0 Å². The predicted octanol–water partition coefficient (Wildman–Crippen LogP) is 2.72. The van der Waals surface area contributed by atoms with Crippen molar-refractivity contribution in [3.8, 4) is 5.69 Å². The zero-order valence-corrected chi connectivity index (χ0v) is 12.0. The molecular formula is C13H10Cl2N2O3. The van der Waals surface area contributed by atoms with E-state index in [9.17, 15) is 9.59 Å². The van der Waals surface area contributed by atoms with E-state index in [1.54, 1.807) is 25.1 Å². The summed E-state index contributed by atoms with van der Waals surface area (Å²) < 4.78 is 6.09. The second kappa shape index (κ2) is 6.07. The number of hydrogen-bond acceptors (Lipinski definition) is 4. The monoisotopic (exact) mass is 312 g/mol. The summed E-state index contributed by atoms with van der Waals surface area (Å²) in [5.74, 6) is -0.773. The number of esters is 1. The van der Waals surface area contributed by atoms with Crippen molar-refractivity contribution in [3.63, 3.8) is 0 Å². The molecular weight excluding hydrogens is 303 g/mol. The summed E-state index contributed by atoms with van der Waals surface area (Å²) in [7, 11) is 0. The minimum Gasteiger partial charge on any atom is -0.461 e. The highest BCUT2D eigenvalue weighted by Gasteiger charge is 2.15. The Kier molecular flexibility index (Phi) is 4.42. The highest BCUT2D eigenvalue weighted by atomic mass is 35.5. The van der Waals surface area contributed by atoms with Gasteiger partial charge in [0.1, 0.15) is 0 Å². The largest absolute Gasteiger partial charge is 0.461 e. The molecule has 0 bridgehead atoms. The number of rotatable bonds is 3. The number of carbonyl (C=O) groups is 1. The van der Waals surface area contributed by atoms with Gasteiger partial charge in [-0.1, -0.05) is 29.3 Å². The summed E-state index contributed by atoms with van der Waals surface area (Å²) in [5.41, 5.74) is -0.354. The van der Waals surface area contributed by atoms with E-state index in [1.807, 2.05) is 0 Å². The fourth-order valence-corrected chi connectivity index (χ4v) is 1.93. The van der Waals surface area contributed by atoms with E-state index < -0.39 is 11.4 Å². The molecule has 20 heavy (non-hydrogen) atoms. The SMILES string of the molecule is CCOC(=O)c1nn(-c2cccc(Cl)c2Cl)ccc1=O. The van der Waals surface area contributed by atoms with E-state index in [0.29, 0.717) is 10.7 Å². The first-order valence-electron chi connectivity index (χ1n) is 5.76. The van der Waals surface area contributed by atoms with Crippen LogP contribution in [0.15, 0.2) is 35.3 Å². The fraction of sp³-hybridized carbons (Fsp3) is 0.154. The highest BCUT2D eigenvalue weighted by Crippen LogP contribution is 2.27. The van der Waals surface area contributed by atoms with Gasteiger partial charge in [0.15, 0.2) is 0 Å². The van der Waals surface area contributed by atoms with E-state index in [1.165, 1.54) is 16.9 Å². The summed E-state index contributed by atoms with van der Waals surface area (Å²) >= 11 is 12.0. The Morgan fingerprint density at radius 3 is 2.80 bits per heavy atom. The van der Waals surface area contributed by atoms with E-state index in [0.717, 1.165) is 0 Å². The lowest BCUT2D eigenvalue weighted by Crippen LogP contribution is -2.22. The number of aromatic nitrogens is 2. The number of ether oxygens (including phenoxy) is 1. The molecule has 5 nitrogen and oxygen atoms in total. The van der Waals surface area contributed by atoms with Crippen molar-refractivity contribution >= 4 is 29.2 Å². The van der Waals surface area contributed by atoms with Crippen molar-refractivity contribution < 1.29 is 9.53 Å². The molecule has 0 unspecified atom stereocenters. The molecule has 0 fully saturated rings. The summed E-state index contributed by atoms with van der Waals surface area (Å²) in [5, 5.41) is 4.58. The Hall–Kier alpha value is -1.85. The molecule has 2 rings (SSSR count). The molecule has 1 aromatic heterocycles. The van der Waals surface area contributed by atoms with Crippen LogP contribution in [0.25, 0.3) is 5.69 Å². The van der Waals surface area contributed by atoms with E-state index >= 15 is 0 Å². The van der Waals surface area contributed by atoms with Gasteiger partial charge in [-0.05, 0) is 19.1 Å². The Morgan fingerprint density at radius 1 is 1.35 bits per heavy atom. The third-order valence-corrected chi connectivity index (χ3v) is 3.26. The molecule has 0 atom stereocenters. The average molecular weight is 313 g/mol. The molecule has 0 aliphatic heterocycles. The summed E-state index contributed by atoms with van der Waals surface area (Å²) in [6.07, 6.45) is 1.41. The fourth-order valence-electron chi connectivity index (χ4n) is 1.55. The quantitative estimate of drug-likeness (QED) is 0.818. The normalized spacial score (nSPS) is 10.3. The average Bonchev–Trinajstić information content (AvgIpc) is 2.43. The first-order valence-corrected chi connectivity index (χ1v) is 6.51. The van der Waals surface area contributed by atoms with Crippen molar-refractivity contribution in [2.24, 2.45) is 0 Å². The van der Waals surface area contributed by atoms with Crippen molar-refractivity contribution in [2.75, 3.05) is 6.61 Å². The molecule has 0 spiro atoms. The molecule has 1 aromatic carbocycles. The van der Waals surface area contributed by atoms with Crippen LogP contribution in [-0.4, -0.2) is 22.4 Å². The van der Waals surface area contributed by atoms with Gasteiger partial charge < -0.3 is 4.74 Å². The molecule has 0 aliphatic rings. The number of carbonyl (C=O) groups excluding carboxylic acids is 1. The van der Waals surface area contributed by atoms with Gasteiger partial charge in [-0.2, -0.15) is 5.10 Å². The molecule has 104 valence electrons. The molecule has 0 radical (unpaired) electrons. The van der Waals surface area contributed by atoms with Crippen LogP contribution in [0, 0.1) is 0 Å². The zero-order chi connectivity index (χ0) is 14.7. The molecule has 0 aliphatic carbocycles. The van der Waals surface area contributed by atoms with Crippen molar-refractivity contribution in [2.45, 2.75) is 6.92 Å². The van der Waals surface area contributed by atoms with Crippen molar-refractivity contribution in [1.82, 2.24) is 9.78 Å². The van der Waals surface area contributed by atoms with Crippen LogP contribution in [0.2, 0.25) is 10.0 Å². The van der Waals surface area contributed by atoms with E-state index in [2.05, 4.69) is 5.10 Å². The third kappa shape index (κ3) is 2.84. The first-order chi connectivity index (χ1) is 9.54. The summed E-state index contributed by atoms with van der Waals surface area (Å²) in [6, 6.07) is 6.20. The predicted molar refractivity (Wildman–Crippen MR) is 75.8 cm³/mol. The van der Waals surface area contributed by atoms with E-state index in [-0.39, 0.29) is 17.3 Å². The minimum absolute atomic E-state index is 0.159. The third-order valence-electron chi connectivity index (χ3n) is 2.46. The van der Waals surface area contributed by atoms with Crippen LogP contribution in [-0.2, 0) is 4.74 Å². The van der Waals surface area contributed by atoms with Crippen molar-refractivity contribution in [3.05, 3.63) is 56.4 Å². The minimum atomic E-state index is -0.773. The number of benzene rings is 1. The lowest BCUT2D eigenvalue weighted by Gasteiger charge is -2.09. The smallest absolute Gasteiger partial charge is 0.362 e. The maximum absolute atomic E-state index is 11.6. The Labute approximate surface area is 124 Å². The van der Waals surface area contributed by atoms with Gasteiger partial charge in [0.2, 0.25) is 11.1 Å². The second-order valence-electron chi connectivity index (χ2n) is 3.77. The topological polar surface area (TPSA) is 61.2 Å². The van der Waals surface area contributed by atoms with Crippen LogP contribution >= 0.6 is 23.2 Å². The number of nitrogens with zero attached hydrogens (tertiary/aromatic N) is 2. The number of halogens is 2. The lowest BCUT2D eigenvalue weighted by atomic mass is 10.3. The molecule has 0 saturated carbocycles. The number of hydrogen-bond donors (Lipinski definition) is 0. The maximum atomic E-state index is 11.6. The van der Waals surface area contributed by atoms with Gasteiger partial charge in [0, 0.05) is 12.3 Å². The van der Waals surface area contributed by atoms with Crippen molar-refractivity contribution in [1.29, 1.82) is 0 Å². The van der Waals surface area contributed by atoms with Crippen LogP contribution < -0.4 is 5.43 Å². The molecule has 0 saturated heterocycles. The summed E-state index contributed by atoms with van der Waals surface area (Å²) in [6.45, 7) is 1.81. The van der Waals surface area contributed by atoms with Gasteiger partial charge in [-0.25, -0.2) is 9.48 Å². The Balaban J connectivity index is 2.54. The van der Waals surface area contributed by atoms with Crippen LogP contribution in [0.4, 0.5) is 0 Å². The standard InChI is InChI=1S/C13H10Cl2N2O3/c1-2-20-13(19)12-10(18)6-7-17(16-12)9-5-3-4-8(14)11(9)15/h3-7H,2H2,1H3. The first kappa shape index (κ1) is 14.6. The van der Waals surface area contributed by atoms with E-state index in [4.69, 9.17) is 27.9 Å². The van der Waals surface area contributed by atoms with Crippen LogP contribution in [0.3, 0.4) is 0 Å². The second-order valence-corrected chi connectivity index (χ2v) is 4.55. The van der Waals surface area contributed by atoms with Gasteiger partial charge in [0.05, 0.1) is 22.3 Å². The Morgan fingerprint density at radius 2 is 2.10 bits per heavy atom. The van der Waals surface area contributed by atoms with Gasteiger partial charge in [-0.3, -0.25) is 4.79 Å². The molecule has 7 heteroatoms. The molecule has 1 heterocycles. The van der Waals surface area contributed by atoms with Gasteiger partial charge in [0.25, 0.3) is 0 Å². The maximum Gasteiger partial charge on any atom is 0.362 e. The molecule has 0 N–H and O–H groups in total. The van der Waals surface area contributed by atoms with Gasteiger partial charge >= 0.3 is 5.97 Å². The summed E-state index contributed by atoms with van der Waals surface area (Å²) in [4.78, 5) is 23.3. The Bertz CT molecular complexity index is 713. The van der Waals surface area contributed by atoms with Crippen LogP contribution in [0.1, 0.15) is 17.4 Å². The molecule has 0 amide bonds.